The van der Waals surface area contributed by atoms with Gasteiger partial charge in [0, 0.05) is 30.2 Å². The minimum Gasteiger partial charge on any atom is -0.493 e. The van der Waals surface area contributed by atoms with Crippen molar-refractivity contribution in [1.82, 2.24) is 9.80 Å². The highest BCUT2D eigenvalue weighted by atomic mass is 35.5. The minimum absolute atomic E-state index is 0.0501. The predicted molar refractivity (Wildman–Crippen MR) is 113 cm³/mol. The van der Waals surface area contributed by atoms with Crippen LogP contribution < -0.4 is 14.2 Å². The molecule has 156 valence electrons. The summed E-state index contributed by atoms with van der Waals surface area (Å²) in [5, 5.41) is 0.808. The molecule has 2 aromatic rings. The Balaban J connectivity index is 1.50. The van der Waals surface area contributed by atoms with Gasteiger partial charge in [0.2, 0.25) is 0 Å². The van der Waals surface area contributed by atoms with Crippen LogP contribution in [-0.4, -0.2) is 63.3 Å². The third-order valence-electron chi connectivity index (χ3n) is 5.07. The van der Waals surface area contributed by atoms with Gasteiger partial charge in [0.15, 0.2) is 18.2 Å². The maximum absolute atomic E-state index is 12.8. The zero-order chi connectivity index (χ0) is 20.8. The van der Waals surface area contributed by atoms with E-state index in [-0.39, 0.29) is 12.6 Å². The van der Waals surface area contributed by atoms with Crippen LogP contribution in [0.5, 0.6) is 17.2 Å². The number of fused-ring (bicyclic) bond motifs is 1. The molecule has 0 saturated carbocycles. The number of benzene rings is 2. The number of amides is 1. The van der Waals surface area contributed by atoms with E-state index in [2.05, 4.69) is 18.0 Å². The molecule has 29 heavy (non-hydrogen) atoms. The summed E-state index contributed by atoms with van der Waals surface area (Å²) >= 11 is 6.22. The summed E-state index contributed by atoms with van der Waals surface area (Å²) < 4.78 is 16.3. The number of likely N-dealkylation sites (N-methyl/N-ethyl adjacent to an activating group) is 1. The summed E-state index contributed by atoms with van der Waals surface area (Å²) in [7, 11) is 5.19. The molecule has 0 N–H and O–H groups in total. The second kappa shape index (κ2) is 9.85. The van der Waals surface area contributed by atoms with Gasteiger partial charge in [-0.1, -0.05) is 29.8 Å². The summed E-state index contributed by atoms with van der Waals surface area (Å²) in [5.41, 5.74) is 1.66. The maximum Gasteiger partial charge on any atom is 0.260 e. The molecule has 0 aromatic heterocycles. The Morgan fingerprint density at radius 2 is 1.86 bits per heavy atom. The molecule has 6 nitrogen and oxygen atoms in total. The fourth-order valence-electron chi connectivity index (χ4n) is 3.35. The summed E-state index contributed by atoms with van der Waals surface area (Å²) in [6, 6.07) is 11.3. The first-order valence-electron chi connectivity index (χ1n) is 9.63. The number of carbonyl (C=O) groups is 1. The van der Waals surface area contributed by atoms with Crippen LogP contribution >= 0.6 is 11.6 Å². The topological polar surface area (TPSA) is 51.2 Å². The van der Waals surface area contributed by atoms with E-state index in [0.717, 1.165) is 36.5 Å². The number of rotatable bonds is 9. The van der Waals surface area contributed by atoms with E-state index < -0.39 is 0 Å². The van der Waals surface area contributed by atoms with Crippen molar-refractivity contribution in [3.8, 4) is 17.2 Å². The lowest BCUT2D eigenvalue weighted by Crippen LogP contribution is -2.40. The third kappa shape index (κ3) is 5.14. The van der Waals surface area contributed by atoms with E-state index in [1.165, 1.54) is 0 Å². The van der Waals surface area contributed by atoms with E-state index in [1.54, 1.807) is 31.3 Å². The summed E-state index contributed by atoms with van der Waals surface area (Å²) in [6.45, 7) is 2.66. The Hall–Kier alpha value is -2.44. The van der Waals surface area contributed by atoms with Crippen LogP contribution in [0, 0.1) is 0 Å². The van der Waals surface area contributed by atoms with Crippen LogP contribution in [0.4, 0.5) is 0 Å². The van der Waals surface area contributed by atoms with Gasteiger partial charge in [0.25, 0.3) is 5.91 Å². The van der Waals surface area contributed by atoms with Crippen molar-refractivity contribution in [1.29, 1.82) is 0 Å². The number of nitrogens with zero attached hydrogens (tertiary/aromatic N) is 2. The molecule has 2 aromatic carbocycles. The van der Waals surface area contributed by atoms with Crippen LogP contribution in [0.3, 0.4) is 0 Å². The number of halogens is 1. The van der Waals surface area contributed by atoms with E-state index in [0.29, 0.717) is 29.4 Å². The number of methoxy groups -OCH3 is 2. The van der Waals surface area contributed by atoms with Crippen molar-refractivity contribution >= 4 is 17.5 Å². The second-order valence-corrected chi connectivity index (χ2v) is 7.45. The molecule has 1 aliphatic heterocycles. The molecule has 0 spiro atoms. The highest BCUT2D eigenvalue weighted by Gasteiger charge is 2.27. The Morgan fingerprint density at radius 1 is 1.14 bits per heavy atom. The zero-order valence-corrected chi connectivity index (χ0v) is 17.9. The molecular weight excluding hydrogens is 392 g/mol. The summed E-state index contributed by atoms with van der Waals surface area (Å²) in [4.78, 5) is 16.8. The number of ether oxygens (including phenoxy) is 3. The normalized spacial score (nSPS) is 13.3. The van der Waals surface area contributed by atoms with Crippen LogP contribution in [0.1, 0.15) is 22.3 Å². The van der Waals surface area contributed by atoms with Crippen molar-refractivity contribution < 1.29 is 19.0 Å². The lowest BCUT2D eigenvalue weighted by Gasteiger charge is -2.30. The van der Waals surface area contributed by atoms with Crippen LogP contribution in [0.25, 0.3) is 0 Å². The minimum atomic E-state index is -0.0501. The zero-order valence-electron chi connectivity index (χ0n) is 17.1. The Morgan fingerprint density at radius 3 is 2.59 bits per heavy atom. The predicted octanol–water partition coefficient (Wildman–Crippen LogP) is 3.71. The molecule has 1 aliphatic rings. The van der Waals surface area contributed by atoms with Gasteiger partial charge in [-0.25, -0.2) is 0 Å². The Labute approximate surface area is 176 Å². The van der Waals surface area contributed by atoms with E-state index in [9.17, 15) is 4.79 Å². The fraction of sp³-hybridized carbons (Fsp3) is 0.409. The van der Waals surface area contributed by atoms with Gasteiger partial charge >= 0.3 is 0 Å². The van der Waals surface area contributed by atoms with Gasteiger partial charge in [-0.05, 0) is 38.1 Å². The van der Waals surface area contributed by atoms with Gasteiger partial charge < -0.3 is 24.0 Å². The SMILES string of the molecule is COc1cc2c(cc1OC)C(=O)N(CCCN(C)CCc1ccccc1Cl)CO2. The van der Waals surface area contributed by atoms with E-state index in [4.69, 9.17) is 25.8 Å². The molecule has 0 bridgehead atoms. The van der Waals surface area contributed by atoms with Crippen molar-refractivity contribution in [3.63, 3.8) is 0 Å². The van der Waals surface area contributed by atoms with Crippen LogP contribution in [0.2, 0.25) is 5.02 Å². The highest BCUT2D eigenvalue weighted by molar-refractivity contribution is 6.31. The molecule has 3 rings (SSSR count). The molecule has 1 amide bonds. The lowest BCUT2D eigenvalue weighted by molar-refractivity contribution is 0.0510. The first-order valence-corrected chi connectivity index (χ1v) is 10.0. The summed E-state index contributed by atoms with van der Waals surface area (Å²) in [6.07, 6.45) is 1.76. The van der Waals surface area contributed by atoms with Crippen LogP contribution in [0.15, 0.2) is 36.4 Å². The Bertz CT molecular complexity index is 859. The quantitative estimate of drug-likeness (QED) is 0.621. The fourth-order valence-corrected chi connectivity index (χ4v) is 3.58. The molecule has 0 aliphatic carbocycles. The second-order valence-electron chi connectivity index (χ2n) is 7.04. The first-order chi connectivity index (χ1) is 14.0. The van der Waals surface area contributed by atoms with Gasteiger partial charge in [0.1, 0.15) is 5.75 Å². The van der Waals surface area contributed by atoms with E-state index in [1.807, 2.05) is 18.2 Å². The van der Waals surface area contributed by atoms with Crippen molar-refractivity contribution in [3.05, 3.63) is 52.5 Å². The first kappa shape index (κ1) is 21.3. The smallest absolute Gasteiger partial charge is 0.260 e. The van der Waals surface area contributed by atoms with Gasteiger partial charge in [-0.2, -0.15) is 0 Å². The molecule has 0 saturated heterocycles. The molecular formula is C22H27ClN2O4. The maximum atomic E-state index is 12.8. The average molecular weight is 419 g/mol. The molecule has 0 radical (unpaired) electrons. The molecule has 7 heteroatoms. The van der Waals surface area contributed by atoms with Crippen molar-refractivity contribution in [2.45, 2.75) is 12.8 Å². The number of hydrogen-bond acceptors (Lipinski definition) is 5. The molecule has 0 atom stereocenters. The Kier molecular flexibility index (Phi) is 7.23. The molecule has 0 unspecified atom stereocenters. The molecule has 0 fully saturated rings. The highest BCUT2D eigenvalue weighted by Crippen LogP contribution is 2.37. The average Bonchev–Trinajstić information content (AvgIpc) is 2.74. The summed E-state index contributed by atoms with van der Waals surface area (Å²) in [5.74, 6) is 1.55. The van der Waals surface area contributed by atoms with Crippen molar-refractivity contribution in [2.75, 3.05) is 47.6 Å². The van der Waals surface area contributed by atoms with Gasteiger partial charge in [0.05, 0.1) is 19.8 Å². The van der Waals surface area contributed by atoms with Crippen LogP contribution in [-0.2, 0) is 6.42 Å². The largest absolute Gasteiger partial charge is 0.493 e. The number of carbonyl (C=O) groups excluding carboxylic acids is 1. The standard InChI is InChI=1S/C22H27ClN2O4/c1-24(12-9-16-7-4-5-8-18(16)23)10-6-11-25-15-29-19-14-21(28-3)20(27-2)13-17(19)22(25)26/h4-5,7-8,13-14H,6,9-12,15H2,1-3H3. The molecule has 1 heterocycles. The number of hydrogen-bond donors (Lipinski definition) is 0. The van der Waals surface area contributed by atoms with Gasteiger partial charge in [-0.15, -0.1) is 0 Å². The third-order valence-corrected chi connectivity index (χ3v) is 5.44. The van der Waals surface area contributed by atoms with Crippen molar-refractivity contribution in [2.24, 2.45) is 0 Å². The van der Waals surface area contributed by atoms with E-state index >= 15 is 0 Å². The lowest BCUT2D eigenvalue weighted by atomic mass is 10.1. The monoisotopic (exact) mass is 418 g/mol. The van der Waals surface area contributed by atoms with Gasteiger partial charge in [-0.3, -0.25) is 4.79 Å².